The van der Waals surface area contributed by atoms with Gasteiger partial charge in [-0.05, 0) is 65.8 Å². The van der Waals surface area contributed by atoms with Gasteiger partial charge in [0.05, 0.1) is 24.9 Å². The van der Waals surface area contributed by atoms with Crippen LogP contribution in [-0.4, -0.2) is 71.2 Å². The average Bonchev–Trinajstić information content (AvgIpc) is 3.58. The van der Waals surface area contributed by atoms with Crippen LogP contribution in [0.3, 0.4) is 0 Å². The minimum absolute atomic E-state index is 0.0181. The van der Waals surface area contributed by atoms with Gasteiger partial charge < -0.3 is 30.0 Å². The van der Waals surface area contributed by atoms with E-state index >= 15 is 0 Å². The first-order valence-electron chi connectivity index (χ1n) is 19.1. The number of pyridine rings is 2. The molecule has 11 nitrogen and oxygen atoms in total. The third-order valence-electron chi connectivity index (χ3n) is 11.9. The number of alkyl halides is 3. The fourth-order valence-corrected chi connectivity index (χ4v) is 9.35. The van der Waals surface area contributed by atoms with Gasteiger partial charge in [0.25, 0.3) is 0 Å². The molecule has 2 aromatic heterocycles. The summed E-state index contributed by atoms with van der Waals surface area (Å²) >= 11 is 7.13. The molecular formula is C42H43ClF3N5O6. The highest BCUT2D eigenvalue weighted by atomic mass is 35.5. The van der Waals surface area contributed by atoms with Gasteiger partial charge in [-0.15, -0.1) is 0 Å². The predicted octanol–water partition coefficient (Wildman–Crippen LogP) is 7.09. The van der Waals surface area contributed by atoms with Crippen LogP contribution in [0.4, 0.5) is 13.2 Å². The Morgan fingerprint density at radius 3 is 2.44 bits per heavy atom. The van der Waals surface area contributed by atoms with Crippen LogP contribution in [-0.2, 0) is 35.3 Å². The van der Waals surface area contributed by atoms with Gasteiger partial charge in [0, 0.05) is 60.9 Å². The van der Waals surface area contributed by atoms with Gasteiger partial charge in [0.1, 0.15) is 17.7 Å². The van der Waals surface area contributed by atoms with Gasteiger partial charge in [-0.3, -0.25) is 14.5 Å². The molecule has 3 fully saturated rings. The van der Waals surface area contributed by atoms with E-state index in [4.69, 9.17) is 30.8 Å². The number of hydrogen-bond acceptors (Lipinski definition) is 9. The number of carbonyl (C=O) groups is 2. The van der Waals surface area contributed by atoms with Crippen LogP contribution in [0.1, 0.15) is 60.1 Å². The lowest BCUT2D eigenvalue weighted by atomic mass is 9.94. The molecule has 3 N–H and O–H groups in total. The SMILES string of the molecule is COc1nc(-c2cccc(-c3cccc4c3CC[C@@H]4Oc3nc(OC)c(CN4CC5C(C)C5[C@H]4C(=O)O)cc3C(F)(F)F)c2Cl)ccc1CNC[C@@H]1CCC(=O)N1. The molecule has 2 aromatic carbocycles. The first-order chi connectivity index (χ1) is 27.4. The lowest BCUT2D eigenvalue weighted by Gasteiger charge is -2.26. The van der Waals surface area contributed by atoms with Gasteiger partial charge >= 0.3 is 12.1 Å². The van der Waals surface area contributed by atoms with Gasteiger partial charge in [-0.25, -0.2) is 4.98 Å². The highest BCUT2D eigenvalue weighted by molar-refractivity contribution is 6.36. The molecule has 0 bridgehead atoms. The van der Waals surface area contributed by atoms with Crippen molar-refractivity contribution in [2.24, 2.45) is 17.8 Å². The van der Waals surface area contributed by atoms with E-state index in [9.17, 15) is 27.9 Å². The molecule has 300 valence electrons. The van der Waals surface area contributed by atoms with E-state index in [1.165, 1.54) is 7.11 Å². The van der Waals surface area contributed by atoms with E-state index in [0.29, 0.717) is 61.1 Å². The molecule has 15 heteroatoms. The number of carboxylic acids is 1. The number of ether oxygens (including phenoxy) is 3. The molecule has 4 aliphatic rings. The van der Waals surface area contributed by atoms with Crippen LogP contribution in [0, 0.1) is 17.8 Å². The fourth-order valence-electron chi connectivity index (χ4n) is 9.03. The number of nitrogens with zero attached hydrogens (tertiary/aromatic N) is 3. The highest BCUT2D eigenvalue weighted by Crippen LogP contribution is 2.56. The molecule has 6 atom stereocenters. The molecule has 1 saturated carbocycles. The standard InChI is InChI=1S/C42H43ClF3N5O6/c1-21-30-20-51(37(35(21)30)41(53)54)19-23-16-31(42(44,45)46)40(50-39(23)56-3)57-33-14-12-26-25(6-4-7-27(26)33)28-8-5-9-29(36(28)43)32-13-10-22(38(49-32)55-2)17-47-18-24-11-15-34(52)48-24/h4-10,13,16,21,24,30,33,35,37,47H,11-12,14-15,17-20H2,1-3H3,(H,48,52)(H,53,54)/t21?,24-,30?,33-,35?,37-/m0/s1. The molecule has 2 aliphatic heterocycles. The zero-order valence-electron chi connectivity index (χ0n) is 31.7. The fraction of sp³-hybridized carbons (Fsp3) is 0.429. The lowest BCUT2D eigenvalue weighted by molar-refractivity contribution is -0.144. The Bertz CT molecular complexity index is 2220. The maximum Gasteiger partial charge on any atom is 0.421 e. The predicted molar refractivity (Wildman–Crippen MR) is 205 cm³/mol. The van der Waals surface area contributed by atoms with Gasteiger partial charge in [-0.1, -0.05) is 61.0 Å². The third-order valence-corrected chi connectivity index (χ3v) is 12.4. The maximum atomic E-state index is 14.7. The summed E-state index contributed by atoms with van der Waals surface area (Å²) in [6.07, 6.45) is -3.26. The number of halogens is 4. The number of likely N-dealkylation sites (tertiary alicyclic amines) is 1. The van der Waals surface area contributed by atoms with Crippen molar-refractivity contribution < 1.29 is 42.1 Å². The number of amides is 1. The number of carboxylic acid groups (broad SMARTS) is 1. The average molecular weight is 806 g/mol. The molecular weight excluding hydrogens is 763 g/mol. The highest BCUT2D eigenvalue weighted by Gasteiger charge is 2.61. The van der Waals surface area contributed by atoms with E-state index in [2.05, 4.69) is 15.6 Å². The van der Waals surface area contributed by atoms with E-state index in [-0.39, 0.29) is 47.7 Å². The Morgan fingerprint density at radius 1 is 0.982 bits per heavy atom. The van der Waals surface area contributed by atoms with Crippen molar-refractivity contribution in [3.8, 4) is 40.0 Å². The molecule has 1 amide bonds. The normalized spacial score (nSPS) is 23.9. The number of nitrogens with one attached hydrogen (secondary N) is 2. The molecule has 0 radical (unpaired) electrons. The number of fused-ring (bicyclic) bond motifs is 2. The van der Waals surface area contributed by atoms with Crippen LogP contribution < -0.4 is 24.8 Å². The zero-order chi connectivity index (χ0) is 40.2. The molecule has 3 unspecified atom stereocenters. The van der Waals surface area contributed by atoms with Crippen molar-refractivity contribution in [1.29, 1.82) is 0 Å². The first kappa shape index (κ1) is 38.9. The molecule has 57 heavy (non-hydrogen) atoms. The van der Waals surface area contributed by atoms with Crippen LogP contribution in [0.15, 0.2) is 54.6 Å². The monoisotopic (exact) mass is 805 g/mol. The van der Waals surface area contributed by atoms with Gasteiger partial charge in [-0.2, -0.15) is 18.2 Å². The Labute approximate surface area is 332 Å². The topological polar surface area (TPSA) is 135 Å². The van der Waals surface area contributed by atoms with Gasteiger partial charge in [0.15, 0.2) is 0 Å². The molecule has 2 aliphatic carbocycles. The molecule has 4 aromatic rings. The van der Waals surface area contributed by atoms with Crippen LogP contribution >= 0.6 is 11.6 Å². The second-order valence-corrected chi connectivity index (χ2v) is 15.7. The third kappa shape index (κ3) is 7.50. The summed E-state index contributed by atoms with van der Waals surface area (Å²) in [4.78, 5) is 34.4. The first-order valence-corrected chi connectivity index (χ1v) is 19.5. The second kappa shape index (κ2) is 15.4. The largest absolute Gasteiger partial charge is 0.481 e. The van der Waals surface area contributed by atoms with Crippen LogP contribution in [0.25, 0.3) is 22.4 Å². The van der Waals surface area contributed by atoms with Crippen molar-refractivity contribution in [3.63, 3.8) is 0 Å². The Balaban J connectivity index is 1.03. The summed E-state index contributed by atoms with van der Waals surface area (Å²) in [6, 6.07) is 15.4. The molecule has 2 saturated heterocycles. The van der Waals surface area contributed by atoms with E-state index in [1.807, 2.05) is 55.5 Å². The summed E-state index contributed by atoms with van der Waals surface area (Å²) < 4.78 is 61.2. The minimum atomic E-state index is -4.80. The maximum absolute atomic E-state index is 14.7. The summed E-state index contributed by atoms with van der Waals surface area (Å²) in [5.74, 6) is -0.648. The molecule has 4 heterocycles. The number of aromatic nitrogens is 2. The second-order valence-electron chi connectivity index (χ2n) is 15.3. The Kier molecular flexibility index (Phi) is 10.5. The minimum Gasteiger partial charge on any atom is -0.481 e. The van der Waals surface area contributed by atoms with Crippen molar-refractivity contribution in [2.75, 3.05) is 27.3 Å². The van der Waals surface area contributed by atoms with Crippen molar-refractivity contribution in [3.05, 3.63) is 87.4 Å². The number of methoxy groups -OCH3 is 2. The van der Waals surface area contributed by atoms with Crippen molar-refractivity contribution in [2.45, 2.75) is 70.1 Å². The van der Waals surface area contributed by atoms with Gasteiger partial charge in [0.2, 0.25) is 23.5 Å². The van der Waals surface area contributed by atoms with E-state index in [0.717, 1.165) is 40.3 Å². The number of benzene rings is 2. The summed E-state index contributed by atoms with van der Waals surface area (Å²) in [7, 11) is 2.88. The zero-order valence-corrected chi connectivity index (χ0v) is 32.4. The number of carbonyl (C=O) groups excluding carboxylic acids is 1. The molecule has 8 rings (SSSR count). The smallest absolute Gasteiger partial charge is 0.421 e. The summed E-state index contributed by atoms with van der Waals surface area (Å²) in [6.45, 7) is 3.58. The number of rotatable bonds is 13. The number of aliphatic carboxylic acids is 1. The number of hydrogen-bond donors (Lipinski definition) is 3. The van der Waals surface area contributed by atoms with Crippen molar-refractivity contribution in [1.82, 2.24) is 25.5 Å². The lowest BCUT2D eigenvalue weighted by Crippen LogP contribution is -2.40. The van der Waals surface area contributed by atoms with Crippen molar-refractivity contribution >= 4 is 23.5 Å². The van der Waals surface area contributed by atoms with Crippen LogP contribution in [0.2, 0.25) is 5.02 Å². The van der Waals surface area contributed by atoms with E-state index in [1.54, 1.807) is 12.0 Å². The Morgan fingerprint density at radius 2 is 1.72 bits per heavy atom. The molecule has 0 spiro atoms. The van der Waals surface area contributed by atoms with E-state index < -0.39 is 35.7 Å². The summed E-state index contributed by atoms with van der Waals surface area (Å²) in [5, 5.41) is 16.7. The summed E-state index contributed by atoms with van der Waals surface area (Å²) in [5.41, 5.74) is 4.46. The van der Waals surface area contributed by atoms with Crippen LogP contribution in [0.5, 0.6) is 17.6 Å². The number of piperidine rings is 1. The Hall–Kier alpha value is -4.92. The quantitative estimate of drug-likeness (QED) is 0.129.